The van der Waals surface area contributed by atoms with Crippen LogP contribution in [0.3, 0.4) is 0 Å². The van der Waals surface area contributed by atoms with E-state index < -0.39 is 5.60 Å². The summed E-state index contributed by atoms with van der Waals surface area (Å²) in [6.45, 7) is 3.03. The number of hydrogen-bond donors (Lipinski definition) is 0. The van der Waals surface area contributed by atoms with Gasteiger partial charge >= 0.3 is 179 Å². The number of carbonyl (C=O) groups is 1. The molecule has 2 heterocycles. The Hall–Kier alpha value is -1.32. The Balaban J connectivity index is 1.54. The molecule has 0 bridgehead atoms. The molecule has 2 atom stereocenters. The first-order chi connectivity index (χ1) is 13.6. The minimum atomic E-state index is -0.530. The quantitative estimate of drug-likeness (QED) is 0.479. The van der Waals surface area contributed by atoms with Crippen molar-refractivity contribution < 1.29 is 9.53 Å². The van der Waals surface area contributed by atoms with E-state index in [4.69, 9.17) is 16.3 Å². The average molecular weight is 463 g/mol. The first-order valence-corrected chi connectivity index (χ1v) is 12.5. The monoisotopic (exact) mass is 463 g/mol. The molecule has 2 unspecified atom stereocenters. The summed E-state index contributed by atoms with van der Waals surface area (Å²) in [5.74, 6) is -0.0789. The number of cyclic esters (lactones) is 1. The molecule has 0 aromatic heterocycles. The molecule has 2 aromatic carbocycles. The van der Waals surface area contributed by atoms with Crippen molar-refractivity contribution in [2.75, 3.05) is 19.6 Å². The van der Waals surface area contributed by atoms with Gasteiger partial charge in [-0.05, 0) is 0 Å². The predicted molar refractivity (Wildman–Crippen MR) is 114 cm³/mol. The van der Waals surface area contributed by atoms with Crippen molar-refractivity contribution in [1.29, 1.82) is 0 Å². The zero-order chi connectivity index (χ0) is 19.4. The standard InChI is InChI=1S/C23H26ClNO2Se/c24-20-11-9-19(10-12-20)23(17-28-21-7-3-1-4-8-21)15-18(22(26)27-23)16-25-13-5-2-6-14-25/h1,3-4,7-12,18H,2,5-6,13-17H2. The first-order valence-electron chi connectivity index (χ1n) is 10.0. The second-order valence-corrected chi connectivity index (χ2v) is 10.4. The Morgan fingerprint density at radius 3 is 2.46 bits per heavy atom. The Morgan fingerprint density at radius 1 is 1.04 bits per heavy atom. The van der Waals surface area contributed by atoms with Crippen LogP contribution in [0, 0.1) is 5.92 Å². The second-order valence-electron chi connectivity index (χ2n) is 7.79. The van der Waals surface area contributed by atoms with Gasteiger partial charge < -0.3 is 0 Å². The SMILES string of the molecule is O=C1OC(C[Se]c2ccccc2)(c2ccc(Cl)cc2)CC1CN1CCCCC1. The number of ether oxygens (including phenoxy) is 1. The molecule has 0 N–H and O–H groups in total. The van der Waals surface area contributed by atoms with E-state index in [1.54, 1.807) is 0 Å². The predicted octanol–water partition coefficient (Wildman–Crippen LogP) is 4.03. The van der Waals surface area contributed by atoms with E-state index in [0.717, 1.165) is 36.9 Å². The molecule has 2 saturated heterocycles. The van der Waals surface area contributed by atoms with E-state index in [9.17, 15) is 4.79 Å². The van der Waals surface area contributed by atoms with Gasteiger partial charge in [-0.15, -0.1) is 0 Å². The van der Waals surface area contributed by atoms with Crippen LogP contribution in [0.5, 0.6) is 0 Å². The zero-order valence-corrected chi connectivity index (χ0v) is 18.4. The summed E-state index contributed by atoms with van der Waals surface area (Å²) in [6.07, 6.45) is 4.54. The molecule has 0 radical (unpaired) electrons. The molecule has 4 rings (SSSR count). The summed E-state index contributed by atoms with van der Waals surface area (Å²) in [7, 11) is 0. The molecular formula is C23H26ClNO2Se. The van der Waals surface area contributed by atoms with E-state index in [1.165, 1.54) is 23.7 Å². The van der Waals surface area contributed by atoms with Crippen LogP contribution in [-0.2, 0) is 15.1 Å². The molecule has 148 valence electrons. The summed E-state index contributed by atoms with van der Waals surface area (Å²) < 4.78 is 7.49. The fraction of sp³-hybridized carbons (Fsp3) is 0.435. The van der Waals surface area contributed by atoms with E-state index in [-0.39, 0.29) is 26.8 Å². The van der Waals surface area contributed by atoms with Gasteiger partial charge in [-0.25, -0.2) is 0 Å². The summed E-state index contributed by atoms with van der Waals surface area (Å²) in [5, 5.41) is 1.56. The number of piperidine rings is 1. The Labute approximate surface area is 178 Å². The summed E-state index contributed by atoms with van der Waals surface area (Å²) in [5.41, 5.74) is 0.544. The van der Waals surface area contributed by atoms with Crippen molar-refractivity contribution in [3.63, 3.8) is 0 Å². The summed E-state index contributed by atoms with van der Waals surface area (Å²) >= 11 is 6.35. The summed E-state index contributed by atoms with van der Waals surface area (Å²) in [4.78, 5) is 15.3. The number of rotatable bonds is 6. The number of nitrogens with zero attached hydrogens (tertiary/aromatic N) is 1. The fourth-order valence-corrected chi connectivity index (χ4v) is 6.63. The van der Waals surface area contributed by atoms with Gasteiger partial charge in [-0.1, -0.05) is 0 Å². The maximum atomic E-state index is 12.8. The zero-order valence-electron chi connectivity index (χ0n) is 16.0. The Kier molecular flexibility index (Phi) is 6.42. The third kappa shape index (κ3) is 4.63. The molecule has 0 saturated carbocycles. The molecule has 28 heavy (non-hydrogen) atoms. The molecule has 0 amide bonds. The van der Waals surface area contributed by atoms with Crippen LogP contribution in [0.1, 0.15) is 31.2 Å². The van der Waals surface area contributed by atoms with Gasteiger partial charge in [0.15, 0.2) is 0 Å². The Bertz CT molecular complexity index is 792. The van der Waals surface area contributed by atoms with Crippen LogP contribution in [0.25, 0.3) is 0 Å². The molecular weight excluding hydrogens is 437 g/mol. The van der Waals surface area contributed by atoms with Crippen molar-refractivity contribution in [2.45, 2.75) is 36.6 Å². The molecule has 0 aliphatic carbocycles. The van der Waals surface area contributed by atoms with Gasteiger partial charge in [-0.2, -0.15) is 0 Å². The van der Waals surface area contributed by atoms with Crippen LogP contribution in [-0.4, -0.2) is 45.5 Å². The van der Waals surface area contributed by atoms with Gasteiger partial charge in [0, 0.05) is 0 Å². The van der Waals surface area contributed by atoms with Crippen LogP contribution < -0.4 is 4.46 Å². The van der Waals surface area contributed by atoms with Crippen LogP contribution in [0.15, 0.2) is 54.6 Å². The van der Waals surface area contributed by atoms with Crippen molar-refractivity contribution >= 4 is 37.0 Å². The van der Waals surface area contributed by atoms with Gasteiger partial charge in [0.2, 0.25) is 0 Å². The fourth-order valence-electron chi connectivity index (χ4n) is 4.21. The number of halogens is 1. The molecule has 2 aliphatic rings. The molecule has 5 heteroatoms. The van der Waals surface area contributed by atoms with E-state index >= 15 is 0 Å². The maximum absolute atomic E-state index is 12.8. The number of carbonyl (C=O) groups excluding carboxylic acids is 1. The molecule has 2 aromatic rings. The second kappa shape index (κ2) is 9.00. The van der Waals surface area contributed by atoms with Crippen LogP contribution in [0.2, 0.25) is 10.3 Å². The van der Waals surface area contributed by atoms with Crippen molar-refractivity contribution in [3.05, 3.63) is 65.2 Å². The third-order valence-electron chi connectivity index (χ3n) is 5.72. The van der Waals surface area contributed by atoms with Gasteiger partial charge in [-0.3, -0.25) is 0 Å². The van der Waals surface area contributed by atoms with Gasteiger partial charge in [0.1, 0.15) is 0 Å². The Morgan fingerprint density at radius 2 is 1.75 bits per heavy atom. The normalized spacial score (nSPS) is 25.6. The topological polar surface area (TPSA) is 29.5 Å². The van der Waals surface area contributed by atoms with Crippen molar-refractivity contribution in [3.8, 4) is 0 Å². The van der Waals surface area contributed by atoms with E-state index in [2.05, 4.69) is 29.2 Å². The first kappa shape index (κ1) is 20.0. The van der Waals surface area contributed by atoms with Gasteiger partial charge in [0.05, 0.1) is 0 Å². The number of esters is 1. The van der Waals surface area contributed by atoms with Crippen LogP contribution in [0.4, 0.5) is 0 Å². The average Bonchev–Trinajstić information content (AvgIpc) is 3.05. The molecule has 2 aliphatic heterocycles. The molecule has 3 nitrogen and oxygen atoms in total. The number of likely N-dealkylation sites (tertiary alicyclic amines) is 1. The molecule has 2 fully saturated rings. The van der Waals surface area contributed by atoms with Crippen molar-refractivity contribution in [2.24, 2.45) is 5.92 Å². The number of benzene rings is 2. The van der Waals surface area contributed by atoms with Crippen LogP contribution >= 0.6 is 11.6 Å². The van der Waals surface area contributed by atoms with E-state index in [0.29, 0.717) is 5.02 Å². The van der Waals surface area contributed by atoms with Crippen molar-refractivity contribution in [1.82, 2.24) is 4.90 Å². The third-order valence-corrected chi connectivity index (χ3v) is 8.52. The number of hydrogen-bond acceptors (Lipinski definition) is 3. The minimum absolute atomic E-state index is 0.0376. The molecule has 0 spiro atoms. The van der Waals surface area contributed by atoms with Gasteiger partial charge in [0.25, 0.3) is 0 Å². The van der Waals surface area contributed by atoms with E-state index in [1.807, 2.05) is 30.3 Å². The summed E-state index contributed by atoms with van der Waals surface area (Å²) in [6, 6.07) is 18.4.